The summed E-state index contributed by atoms with van der Waals surface area (Å²) < 4.78 is 0.583. The molecule has 5 unspecified atom stereocenters. The van der Waals surface area contributed by atoms with E-state index >= 15 is 0 Å². The molecule has 152 valence electrons. The molecular weight excluding hydrogens is 364 g/mol. The quantitative estimate of drug-likeness (QED) is 0.416. The minimum atomic E-state index is 0.265. The third-order valence-corrected chi connectivity index (χ3v) is 12.6. The summed E-state index contributed by atoms with van der Waals surface area (Å²) in [5.74, 6) is 1.86. The van der Waals surface area contributed by atoms with Gasteiger partial charge in [0, 0.05) is 9.49 Å². The Morgan fingerprint density at radius 1 is 0.667 bits per heavy atom. The highest BCUT2D eigenvalue weighted by molar-refractivity contribution is 7.82. The van der Waals surface area contributed by atoms with Crippen molar-refractivity contribution in [3.05, 3.63) is 0 Å². The van der Waals surface area contributed by atoms with Gasteiger partial charge in [0.2, 0.25) is 0 Å². The molecule has 6 aliphatic rings. The minimum Gasteiger partial charge on any atom is -0.173 e. The van der Waals surface area contributed by atoms with Crippen molar-refractivity contribution in [2.24, 2.45) is 33.5 Å². The van der Waals surface area contributed by atoms with E-state index in [1.165, 1.54) is 96.3 Å². The van der Waals surface area contributed by atoms with Crippen LogP contribution in [0.4, 0.5) is 0 Å². The van der Waals surface area contributed by atoms with Crippen LogP contribution in [0.25, 0.3) is 0 Å². The topological polar surface area (TPSA) is 0 Å². The summed E-state index contributed by atoms with van der Waals surface area (Å²) in [6.07, 6.45) is 22.2. The summed E-state index contributed by atoms with van der Waals surface area (Å²) in [4.78, 5) is 0. The second-order valence-corrected chi connectivity index (χ2v) is 15.0. The van der Waals surface area contributed by atoms with Crippen LogP contribution in [0.2, 0.25) is 0 Å². The predicted octanol–water partition coefficient (Wildman–Crippen LogP) is 7.47. The van der Waals surface area contributed by atoms with Gasteiger partial charge in [0.25, 0.3) is 0 Å². The lowest BCUT2D eigenvalue weighted by Crippen LogP contribution is -2.54. The van der Waals surface area contributed by atoms with Crippen molar-refractivity contribution in [1.82, 2.24) is 0 Å². The summed E-state index contributed by atoms with van der Waals surface area (Å²) in [6, 6.07) is 0. The molecule has 0 nitrogen and oxygen atoms in total. The molecule has 0 amide bonds. The van der Waals surface area contributed by atoms with Crippen molar-refractivity contribution in [1.29, 1.82) is 0 Å². The van der Waals surface area contributed by atoms with Crippen LogP contribution in [0.5, 0.6) is 0 Å². The van der Waals surface area contributed by atoms with E-state index in [0.29, 0.717) is 26.4 Å². The first kappa shape index (κ1) is 18.5. The Morgan fingerprint density at radius 2 is 1.19 bits per heavy atom. The molecule has 0 aliphatic heterocycles. The molecule has 0 spiro atoms. The molecule has 0 radical (unpaired) electrons. The van der Waals surface area contributed by atoms with E-state index in [-0.39, 0.29) is 4.75 Å². The summed E-state index contributed by atoms with van der Waals surface area (Å²) in [5, 5.41) is 0. The lowest BCUT2D eigenvalue weighted by Gasteiger charge is -2.61. The fourth-order valence-corrected chi connectivity index (χ4v) is 11.9. The third-order valence-electron chi connectivity index (χ3n) is 11.6. The van der Waals surface area contributed by atoms with Crippen LogP contribution in [0.1, 0.15) is 110 Å². The second kappa shape index (κ2) is 5.30. The number of hydrogen-bond donors (Lipinski definition) is 2. The number of hydrogen-bond acceptors (Lipinski definition) is 2. The molecule has 6 fully saturated rings. The maximum Gasteiger partial charge on any atom is 0.0169 e. The van der Waals surface area contributed by atoms with Crippen LogP contribution in [-0.2, 0) is 0 Å². The molecule has 6 aliphatic carbocycles. The summed E-state index contributed by atoms with van der Waals surface area (Å²) in [5.41, 5.74) is 2.56. The monoisotopic (exact) mass is 404 g/mol. The summed E-state index contributed by atoms with van der Waals surface area (Å²) in [7, 11) is 0. The molecular formula is C25H40S2. The number of rotatable bonds is 1. The second-order valence-electron chi connectivity index (χ2n) is 13.1. The average molecular weight is 405 g/mol. The first-order chi connectivity index (χ1) is 12.7. The van der Waals surface area contributed by atoms with Gasteiger partial charge in [0.15, 0.2) is 0 Å². The lowest BCUT2D eigenvalue weighted by molar-refractivity contribution is -0.0906. The van der Waals surface area contributed by atoms with Crippen molar-refractivity contribution in [3.8, 4) is 0 Å². The zero-order valence-electron chi connectivity index (χ0n) is 17.7. The van der Waals surface area contributed by atoms with Gasteiger partial charge >= 0.3 is 0 Å². The fourth-order valence-electron chi connectivity index (χ4n) is 10.4. The van der Waals surface area contributed by atoms with E-state index in [1.54, 1.807) is 0 Å². The Kier molecular flexibility index (Phi) is 3.62. The molecule has 6 rings (SSSR count). The molecule has 27 heavy (non-hydrogen) atoms. The van der Waals surface area contributed by atoms with E-state index in [1.807, 2.05) is 0 Å². The van der Waals surface area contributed by atoms with Gasteiger partial charge in [-0.1, -0.05) is 20.3 Å². The smallest absolute Gasteiger partial charge is 0.0169 e. The molecule has 0 bridgehead atoms. The van der Waals surface area contributed by atoms with Crippen molar-refractivity contribution in [2.75, 3.05) is 0 Å². The van der Waals surface area contributed by atoms with Crippen LogP contribution in [0.3, 0.4) is 0 Å². The molecule has 0 heterocycles. The summed E-state index contributed by atoms with van der Waals surface area (Å²) in [6.45, 7) is 5.01. The highest BCUT2D eigenvalue weighted by atomic mass is 32.1. The van der Waals surface area contributed by atoms with Crippen LogP contribution < -0.4 is 0 Å². The van der Waals surface area contributed by atoms with Crippen molar-refractivity contribution < 1.29 is 0 Å². The molecule has 0 aromatic rings. The average Bonchev–Trinajstić information content (AvgIpc) is 2.76. The maximum absolute atomic E-state index is 5.72. The molecule has 2 heteroatoms. The Balaban J connectivity index is 1.45. The Bertz CT molecular complexity index is 667. The van der Waals surface area contributed by atoms with E-state index in [0.717, 1.165) is 11.8 Å². The molecule has 0 aromatic heterocycles. The largest absolute Gasteiger partial charge is 0.173 e. The zero-order chi connectivity index (χ0) is 18.8. The van der Waals surface area contributed by atoms with Crippen molar-refractivity contribution in [3.63, 3.8) is 0 Å². The van der Waals surface area contributed by atoms with Gasteiger partial charge in [0.1, 0.15) is 0 Å². The van der Waals surface area contributed by atoms with Gasteiger partial charge in [-0.05, 0) is 123 Å². The summed E-state index contributed by atoms with van der Waals surface area (Å²) >= 11 is 10.9. The van der Waals surface area contributed by atoms with Crippen molar-refractivity contribution >= 4 is 25.3 Å². The van der Waals surface area contributed by atoms with Gasteiger partial charge in [-0.3, -0.25) is 0 Å². The Morgan fingerprint density at radius 3 is 1.78 bits per heavy atom. The molecule has 7 atom stereocenters. The first-order valence-corrected chi connectivity index (χ1v) is 13.0. The Hall–Kier alpha value is 0.700. The van der Waals surface area contributed by atoms with E-state index < -0.39 is 0 Å². The fraction of sp³-hybridized carbons (Fsp3) is 1.00. The molecule has 0 saturated heterocycles. The highest BCUT2D eigenvalue weighted by Gasteiger charge is 2.72. The third kappa shape index (κ3) is 2.22. The van der Waals surface area contributed by atoms with Crippen molar-refractivity contribution in [2.45, 2.75) is 120 Å². The van der Waals surface area contributed by atoms with Gasteiger partial charge in [0.05, 0.1) is 0 Å². The van der Waals surface area contributed by atoms with Gasteiger partial charge in [-0.2, -0.15) is 25.3 Å². The minimum absolute atomic E-state index is 0.265. The number of thiol groups is 2. The zero-order valence-corrected chi connectivity index (χ0v) is 19.4. The first-order valence-electron chi connectivity index (χ1n) is 12.1. The standard InChI is InChI=1S/C25H40S2/c1-18-12-21-6-8-22-9-11-24(22,15-20(2,26)14-22)17-25(27,19-4-3-5-19)16-23(21,13-18)10-7-21/h18-19,26-27H,3-17H2,1-2H3/t18?,20?,21-,22+,23?,24?,25?/m0/s1. The van der Waals surface area contributed by atoms with Crippen LogP contribution >= 0.6 is 25.3 Å². The maximum atomic E-state index is 5.72. The predicted molar refractivity (Wildman–Crippen MR) is 121 cm³/mol. The van der Waals surface area contributed by atoms with E-state index in [2.05, 4.69) is 13.8 Å². The van der Waals surface area contributed by atoms with E-state index in [4.69, 9.17) is 25.3 Å². The normalized spacial score (nSPS) is 62.4. The Labute approximate surface area is 178 Å². The van der Waals surface area contributed by atoms with Gasteiger partial charge in [-0.15, -0.1) is 0 Å². The van der Waals surface area contributed by atoms with Gasteiger partial charge < -0.3 is 0 Å². The lowest BCUT2D eigenvalue weighted by atomic mass is 9.46. The molecule has 0 N–H and O–H groups in total. The molecule has 0 aromatic carbocycles. The van der Waals surface area contributed by atoms with Crippen LogP contribution in [0.15, 0.2) is 0 Å². The van der Waals surface area contributed by atoms with E-state index in [9.17, 15) is 0 Å². The van der Waals surface area contributed by atoms with Crippen LogP contribution in [-0.4, -0.2) is 9.49 Å². The van der Waals surface area contributed by atoms with Crippen LogP contribution in [0, 0.1) is 33.5 Å². The molecule has 6 saturated carbocycles. The SMILES string of the molecule is CC1CC23CC[C@@]2(CC[C@]24CCC2(CC(C)(S)C4)CC(S)(C2CCC2)C3)C1. The highest BCUT2D eigenvalue weighted by Crippen LogP contribution is 2.81. The van der Waals surface area contributed by atoms with Gasteiger partial charge in [-0.25, -0.2) is 0 Å².